The Kier molecular flexibility index (Phi) is 7.41. The summed E-state index contributed by atoms with van der Waals surface area (Å²) < 4.78 is 10.1. The van der Waals surface area contributed by atoms with E-state index in [1.807, 2.05) is 0 Å². The molecule has 2 rings (SSSR count). The van der Waals surface area contributed by atoms with Crippen molar-refractivity contribution in [3.8, 4) is 5.75 Å². The number of benzene rings is 2. The summed E-state index contributed by atoms with van der Waals surface area (Å²) in [6.45, 7) is 1.36. The highest BCUT2D eigenvalue weighted by Gasteiger charge is 2.21. The summed E-state index contributed by atoms with van der Waals surface area (Å²) in [6.07, 6.45) is -1.39. The van der Waals surface area contributed by atoms with E-state index in [0.29, 0.717) is 5.56 Å². The molecule has 0 aliphatic carbocycles. The molecule has 0 radical (unpaired) electrons. The van der Waals surface area contributed by atoms with E-state index < -0.39 is 22.9 Å². The number of rotatable bonds is 9. The van der Waals surface area contributed by atoms with E-state index in [2.05, 4.69) is 5.32 Å². The Hall–Kier alpha value is -3.75. The number of methoxy groups -OCH3 is 1. The standard InChI is InChI=1S/C20H20N2O7/c1-13(29-19(24)11-9-17(23)14-6-4-3-5-7-14)20(25)21-16-12-15(22(26)27)8-10-18(16)28-2/h3-8,10,12-13H,9,11H2,1-2H3,(H,21,25)/t13-/m1/s1. The van der Waals surface area contributed by atoms with Crippen molar-refractivity contribution in [3.05, 3.63) is 64.2 Å². The maximum Gasteiger partial charge on any atom is 0.307 e. The molecule has 0 fully saturated rings. The SMILES string of the molecule is COc1ccc([N+](=O)[O-])cc1NC(=O)[C@@H](C)OC(=O)CCC(=O)c1ccccc1. The van der Waals surface area contributed by atoms with Gasteiger partial charge in [-0.1, -0.05) is 30.3 Å². The first-order chi connectivity index (χ1) is 13.8. The highest BCUT2D eigenvalue weighted by atomic mass is 16.6. The van der Waals surface area contributed by atoms with Crippen LogP contribution in [0.25, 0.3) is 0 Å². The Morgan fingerprint density at radius 1 is 1.10 bits per heavy atom. The van der Waals surface area contributed by atoms with E-state index in [0.717, 1.165) is 6.07 Å². The van der Waals surface area contributed by atoms with Crippen molar-refractivity contribution in [2.24, 2.45) is 0 Å². The molecule has 0 bridgehead atoms. The van der Waals surface area contributed by atoms with Crippen LogP contribution in [0.4, 0.5) is 11.4 Å². The van der Waals surface area contributed by atoms with Crippen LogP contribution in [0.3, 0.4) is 0 Å². The molecule has 2 aromatic carbocycles. The van der Waals surface area contributed by atoms with Gasteiger partial charge >= 0.3 is 5.97 Å². The first kappa shape index (κ1) is 21.5. The normalized spacial score (nSPS) is 11.2. The van der Waals surface area contributed by atoms with Gasteiger partial charge in [0.15, 0.2) is 11.9 Å². The minimum absolute atomic E-state index is 0.0457. The fourth-order valence-electron chi connectivity index (χ4n) is 2.44. The molecule has 1 atom stereocenters. The lowest BCUT2D eigenvalue weighted by atomic mass is 10.1. The van der Waals surface area contributed by atoms with E-state index >= 15 is 0 Å². The maximum atomic E-state index is 12.3. The first-order valence-corrected chi connectivity index (χ1v) is 8.73. The van der Waals surface area contributed by atoms with E-state index in [9.17, 15) is 24.5 Å². The van der Waals surface area contributed by atoms with Gasteiger partial charge in [-0.25, -0.2) is 0 Å². The topological polar surface area (TPSA) is 125 Å². The van der Waals surface area contributed by atoms with Crippen LogP contribution < -0.4 is 10.1 Å². The molecule has 0 saturated heterocycles. The highest BCUT2D eigenvalue weighted by molar-refractivity contribution is 5.98. The van der Waals surface area contributed by atoms with Crippen molar-refractivity contribution in [3.63, 3.8) is 0 Å². The molecule has 1 N–H and O–H groups in total. The molecule has 0 aromatic heterocycles. The molecule has 152 valence electrons. The van der Waals surface area contributed by atoms with Gasteiger partial charge in [0.05, 0.1) is 24.1 Å². The number of nitrogens with zero attached hydrogens (tertiary/aromatic N) is 1. The van der Waals surface area contributed by atoms with E-state index in [-0.39, 0.29) is 35.7 Å². The fourth-order valence-corrected chi connectivity index (χ4v) is 2.44. The number of ketones is 1. The number of nitro groups is 1. The molecule has 1 amide bonds. The molecular weight excluding hydrogens is 380 g/mol. The minimum Gasteiger partial charge on any atom is -0.495 e. The van der Waals surface area contributed by atoms with Crippen LogP contribution in [0, 0.1) is 10.1 Å². The molecule has 0 aliphatic heterocycles. The number of nitro benzene ring substituents is 1. The van der Waals surface area contributed by atoms with Gasteiger partial charge in [0.25, 0.3) is 11.6 Å². The van der Waals surface area contributed by atoms with Crippen molar-refractivity contribution in [2.45, 2.75) is 25.9 Å². The number of ether oxygens (including phenoxy) is 2. The third-order valence-electron chi connectivity index (χ3n) is 3.98. The molecule has 0 aliphatic rings. The molecule has 29 heavy (non-hydrogen) atoms. The molecule has 0 saturated carbocycles. The third kappa shape index (κ3) is 6.13. The second-order valence-electron chi connectivity index (χ2n) is 6.05. The lowest BCUT2D eigenvalue weighted by molar-refractivity contribution is -0.384. The number of Topliss-reactive ketones (excluding diaryl/α,β-unsaturated/α-hetero) is 1. The number of carbonyl (C=O) groups excluding carboxylic acids is 3. The van der Waals surface area contributed by atoms with Crippen LogP contribution in [0.15, 0.2) is 48.5 Å². The Morgan fingerprint density at radius 3 is 2.41 bits per heavy atom. The van der Waals surface area contributed by atoms with Crippen LogP contribution in [-0.4, -0.2) is 35.8 Å². The smallest absolute Gasteiger partial charge is 0.307 e. The van der Waals surface area contributed by atoms with Crippen LogP contribution in [0.1, 0.15) is 30.1 Å². The number of carbonyl (C=O) groups is 3. The molecule has 9 heteroatoms. The van der Waals surface area contributed by atoms with Gasteiger partial charge < -0.3 is 14.8 Å². The second-order valence-corrected chi connectivity index (χ2v) is 6.05. The minimum atomic E-state index is -1.17. The van der Waals surface area contributed by atoms with Crippen molar-refractivity contribution in [1.82, 2.24) is 0 Å². The summed E-state index contributed by atoms with van der Waals surface area (Å²) in [5.74, 6) is -1.38. The second kappa shape index (κ2) is 9.98. The summed E-state index contributed by atoms with van der Waals surface area (Å²) in [7, 11) is 1.35. The van der Waals surface area contributed by atoms with Gasteiger partial charge in [0, 0.05) is 24.1 Å². The molecule has 2 aromatic rings. The Balaban J connectivity index is 1.91. The molecular formula is C20H20N2O7. The number of amides is 1. The van der Waals surface area contributed by atoms with Gasteiger partial charge in [-0.3, -0.25) is 24.5 Å². The predicted octanol–water partition coefficient (Wildman–Crippen LogP) is 3.14. The van der Waals surface area contributed by atoms with Crippen LogP contribution in [0.2, 0.25) is 0 Å². The lowest BCUT2D eigenvalue weighted by Crippen LogP contribution is -2.30. The van der Waals surface area contributed by atoms with Crippen LogP contribution >= 0.6 is 0 Å². The Labute approximate surface area is 166 Å². The summed E-state index contributed by atoms with van der Waals surface area (Å²) in [4.78, 5) is 46.5. The zero-order valence-corrected chi connectivity index (χ0v) is 15.9. The largest absolute Gasteiger partial charge is 0.495 e. The summed E-state index contributed by atoms with van der Waals surface area (Å²) in [5.41, 5.74) is 0.336. The summed E-state index contributed by atoms with van der Waals surface area (Å²) in [5, 5.41) is 13.3. The zero-order chi connectivity index (χ0) is 21.4. The van der Waals surface area contributed by atoms with Crippen molar-refractivity contribution < 1.29 is 28.8 Å². The predicted molar refractivity (Wildman–Crippen MR) is 104 cm³/mol. The third-order valence-corrected chi connectivity index (χ3v) is 3.98. The van der Waals surface area contributed by atoms with Crippen molar-refractivity contribution >= 4 is 29.0 Å². The van der Waals surface area contributed by atoms with E-state index in [1.54, 1.807) is 30.3 Å². The first-order valence-electron chi connectivity index (χ1n) is 8.73. The van der Waals surface area contributed by atoms with Crippen molar-refractivity contribution in [1.29, 1.82) is 0 Å². The Morgan fingerprint density at radius 2 is 1.79 bits per heavy atom. The van der Waals surface area contributed by atoms with E-state index in [4.69, 9.17) is 9.47 Å². The van der Waals surface area contributed by atoms with Gasteiger partial charge in [-0.2, -0.15) is 0 Å². The lowest BCUT2D eigenvalue weighted by Gasteiger charge is -2.15. The summed E-state index contributed by atoms with van der Waals surface area (Å²) >= 11 is 0. The number of hydrogen-bond donors (Lipinski definition) is 1. The maximum absolute atomic E-state index is 12.3. The quantitative estimate of drug-likeness (QED) is 0.297. The monoisotopic (exact) mass is 400 g/mol. The van der Waals surface area contributed by atoms with Crippen molar-refractivity contribution in [2.75, 3.05) is 12.4 Å². The Bertz CT molecular complexity index is 912. The van der Waals surface area contributed by atoms with Gasteiger partial charge in [-0.15, -0.1) is 0 Å². The highest BCUT2D eigenvalue weighted by Crippen LogP contribution is 2.29. The van der Waals surface area contributed by atoms with Gasteiger partial charge in [0.1, 0.15) is 5.75 Å². The van der Waals surface area contributed by atoms with Crippen LogP contribution in [0.5, 0.6) is 5.75 Å². The number of esters is 1. The number of nitrogens with one attached hydrogen (secondary N) is 1. The number of non-ortho nitro benzene ring substituents is 1. The van der Waals surface area contributed by atoms with E-state index in [1.165, 1.54) is 26.2 Å². The summed E-state index contributed by atoms with van der Waals surface area (Å²) in [6, 6.07) is 12.2. The van der Waals surface area contributed by atoms with Crippen LogP contribution in [-0.2, 0) is 14.3 Å². The molecule has 0 spiro atoms. The zero-order valence-electron chi connectivity index (χ0n) is 15.9. The fraction of sp³-hybridized carbons (Fsp3) is 0.250. The number of hydrogen-bond acceptors (Lipinski definition) is 7. The molecule has 9 nitrogen and oxygen atoms in total. The van der Waals surface area contributed by atoms with Gasteiger partial charge in [-0.05, 0) is 13.0 Å². The molecule has 0 unspecified atom stereocenters. The van der Waals surface area contributed by atoms with Gasteiger partial charge in [0.2, 0.25) is 0 Å². The number of anilines is 1. The average molecular weight is 400 g/mol. The average Bonchev–Trinajstić information content (AvgIpc) is 2.72. The molecule has 0 heterocycles.